The van der Waals surface area contributed by atoms with Gasteiger partial charge in [0.1, 0.15) is 0 Å². The van der Waals surface area contributed by atoms with Crippen molar-refractivity contribution in [3.8, 4) is 11.4 Å². The lowest BCUT2D eigenvalue weighted by molar-refractivity contribution is 1.22. The summed E-state index contributed by atoms with van der Waals surface area (Å²) in [4.78, 5) is 0. The van der Waals surface area contributed by atoms with E-state index in [9.17, 15) is 0 Å². The van der Waals surface area contributed by atoms with E-state index in [0.29, 0.717) is 0 Å². The van der Waals surface area contributed by atoms with Crippen molar-refractivity contribution in [3.63, 3.8) is 0 Å². The summed E-state index contributed by atoms with van der Waals surface area (Å²) in [6.07, 6.45) is 0. The first-order valence-corrected chi connectivity index (χ1v) is 21.2. The van der Waals surface area contributed by atoms with Gasteiger partial charge in [0.15, 0.2) is 0 Å². The molecule has 0 radical (unpaired) electrons. The summed E-state index contributed by atoms with van der Waals surface area (Å²) in [5, 5.41) is 20.1. The van der Waals surface area contributed by atoms with Crippen LogP contribution in [0.4, 0.5) is 0 Å². The Morgan fingerprint density at radius 1 is 0.230 bits per heavy atom. The van der Waals surface area contributed by atoms with E-state index in [4.69, 9.17) is 0 Å². The Morgan fingerprint density at radius 2 is 0.607 bits per heavy atom. The Balaban J connectivity index is 1.19. The highest BCUT2D eigenvalue weighted by molar-refractivity contribution is 6.32. The Labute approximate surface area is 348 Å². The highest BCUT2D eigenvalue weighted by Crippen LogP contribution is 2.50. The quantitative estimate of drug-likeness (QED) is 0.166. The first-order valence-electron chi connectivity index (χ1n) is 21.2. The maximum absolute atomic E-state index is 2.60. The van der Waals surface area contributed by atoms with Crippen molar-refractivity contribution < 1.29 is 0 Å². The largest absolute Gasteiger partial charge is 0.308 e. The monoisotopic (exact) mass is 771 g/mol. The SMILES string of the molecule is c1ccc2c(-n3c4ccccc4c4ccc5ccccc5c43)c3c4cccc5c6c(-n7c8ccccc8c8ccc9ccccc9c87)c7ccccc7cc6n(c3cc2c1)c45. The lowest BCUT2D eigenvalue weighted by Gasteiger charge is -2.17. The van der Waals surface area contributed by atoms with E-state index < -0.39 is 0 Å². The lowest BCUT2D eigenvalue weighted by atomic mass is 9.99. The second kappa shape index (κ2) is 11.3. The number of nitrogens with zero attached hydrogens (tertiary/aromatic N) is 3. The highest BCUT2D eigenvalue weighted by atomic mass is 15.0. The fraction of sp³-hybridized carbons (Fsp3) is 0. The predicted molar refractivity (Wildman–Crippen MR) is 260 cm³/mol. The van der Waals surface area contributed by atoms with E-state index in [-0.39, 0.29) is 0 Å². The molecule has 0 aliphatic heterocycles. The maximum atomic E-state index is 2.60. The summed E-state index contributed by atoms with van der Waals surface area (Å²) < 4.78 is 7.77. The van der Waals surface area contributed by atoms with Crippen LogP contribution in [0, 0.1) is 0 Å². The molecule has 15 rings (SSSR count). The molecular formula is C58H33N3. The number of hydrogen-bond donors (Lipinski definition) is 0. The molecule has 0 saturated heterocycles. The average molecular weight is 772 g/mol. The van der Waals surface area contributed by atoms with Gasteiger partial charge in [-0.05, 0) is 45.8 Å². The zero-order chi connectivity index (χ0) is 39.5. The van der Waals surface area contributed by atoms with Crippen LogP contribution in [0.1, 0.15) is 0 Å². The van der Waals surface area contributed by atoms with Crippen LogP contribution in [0.25, 0.3) is 136 Å². The fourth-order valence-corrected chi connectivity index (χ4v) is 11.5. The van der Waals surface area contributed by atoms with Gasteiger partial charge in [-0.3, -0.25) is 0 Å². The van der Waals surface area contributed by atoms with E-state index in [1.165, 1.54) is 136 Å². The molecule has 0 spiro atoms. The number of para-hydroxylation sites is 3. The molecule has 0 saturated carbocycles. The van der Waals surface area contributed by atoms with Crippen molar-refractivity contribution in [2.75, 3.05) is 0 Å². The second-order valence-corrected chi connectivity index (χ2v) is 16.8. The molecule has 0 amide bonds. The molecular weight excluding hydrogens is 739 g/mol. The highest BCUT2D eigenvalue weighted by Gasteiger charge is 2.28. The number of benzene rings is 11. The van der Waals surface area contributed by atoms with Gasteiger partial charge >= 0.3 is 0 Å². The summed E-state index contributed by atoms with van der Waals surface area (Å²) in [6, 6.07) is 74.7. The molecule has 3 nitrogen and oxygen atoms in total. The van der Waals surface area contributed by atoms with Gasteiger partial charge in [-0.1, -0.05) is 176 Å². The number of fused-ring (bicyclic) bond motifs is 18. The molecule has 280 valence electrons. The van der Waals surface area contributed by atoms with Crippen LogP contribution >= 0.6 is 0 Å². The normalized spacial score (nSPS) is 12.6. The minimum Gasteiger partial charge on any atom is -0.308 e. The molecule has 0 fully saturated rings. The van der Waals surface area contributed by atoms with Crippen LogP contribution in [0.3, 0.4) is 0 Å². The van der Waals surface area contributed by atoms with Crippen LogP contribution in [-0.4, -0.2) is 13.5 Å². The van der Waals surface area contributed by atoms with Crippen LogP contribution in [-0.2, 0) is 0 Å². The molecule has 0 atom stereocenters. The molecule has 0 unspecified atom stereocenters. The van der Waals surface area contributed by atoms with Gasteiger partial charge in [0, 0.05) is 64.6 Å². The van der Waals surface area contributed by atoms with Crippen LogP contribution < -0.4 is 0 Å². The van der Waals surface area contributed by atoms with E-state index in [1.807, 2.05) is 0 Å². The van der Waals surface area contributed by atoms with Gasteiger partial charge in [0.2, 0.25) is 0 Å². The predicted octanol–water partition coefficient (Wildman–Crippen LogP) is 15.6. The molecule has 15 aromatic rings. The van der Waals surface area contributed by atoms with E-state index in [1.54, 1.807) is 0 Å². The van der Waals surface area contributed by atoms with Crippen molar-refractivity contribution in [2.24, 2.45) is 0 Å². The van der Waals surface area contributed by atoms with Gasteiger partial charge < -0.3 is 13.5 Å². The summed E-state index contributed by atoms with van der Waals surface area (Å²) in [5.74, 6) is 0. The standard InChI is InChI=1S/C58H33N3/c1-5-18-38-34(14-1)28-30-44-42-22-9-11-26-48(42)60(54(38)44)57-40-20-7-3-16-36(40)32-50-52(57)46-24-13-25-47-53-51(59(50)56(46)47)33-37-17-4-8-21-41(37)58(53)61-49-27-12-10-23-43(49)45-31-29-35-15-2-6-19-39(35)55(45)61/h1-33H. The van der Waals surface area contributed by atoms with Crippen LogP contribution in [0.15, 0.2) is 200 Å². The third-order valence-corrected chi connectivity index (χ3v) is 13.8. The maximum Gasteiger partial charge on any atom is 0.0641 e. The molecule has 11 aromatic carbocycles. The van der Waals surface area contributed by atoms with Crippen LogP contribution in [0.2, 0.25) is 0 Å². The summed E-state index contributed by atoms with van der Waals surface area (Å²) in [7, 11) is 0. The molecule has 61 heavy (non-hydrogen) atoms. The second-order valence-electron chi connectivity index (χ2n) is 16.8. The molecule has 3 heteroatoms. The molecule has 0 N–H and O–H groups in total. The van der Waals surface area contributed by atoms with Gasteiger partial charge in [-0.2, -0.15) is 0 Å². The summed E-state index contributed by atoms with van der Waals surface area (Å²) >= 11 is 0. The first kappa shape index (κ1) is 31.8. The molecule has 4 heterocycles. The van der Waals surface area contributed by atoms with Crippen molar-refractivity contribution >= 4 is 125 Å². The number of aromatic nitrogens is 3. The number of rotatable bonds is 2. The summed E-state index contributed by atoms with van der Waals surface area (Å²) in [6.45, 7) is 0. The van der Waals surface area contributed by atoms with Gasteiger partial charge in [-0.25, -0.2) is 0 Å². The Morgan fingerprint density at radius 3 is 1.08 bits per heavy atom. The zero-order valence-electron chi connectivity index (χ0n) is 32.9. The van der Waals surface area contributed by atoms with Gasteiger partial charge in [0.05, 0.1) is 50.0 Å². The van der Waals surface area contributed by atoms with Crippen molar-refractivity contribution in [1.82, 2.24) is 13.5 Å². The Hall–Kier alpha value is -8.14. The fourth-order valence-electron chi connectivity index (χ4n) is 11.5. The number of hydrogen-bond acceptors (Lipinski definition) is 0. The smallest absolute Gasteiger partial charge is 0.0641 e. The van der Waals surface area contributed by atoms with Gasteiger partial charge in [0.25, 0.3) is 0 Å². The van der Waals surface area contributed by atoms with Crippen LogP contribution in [0.5, 0.6) is 0 Å². The summed E-state index contributed by atoms with van der Waals surface area (Å²) in [5.41, 5.74) is 11.1. The Bertz CT molecular complexity index is 4130. The zero-order valence-corrected chi connectivity index (χ0v) is 32.9. The van der Waals surface area contributed by atoms with E-state index >= 15 is 0 Å². The van der Waals surface area contributed by atoms with Crippen molar-refractivity contribution in [2.45, 2.75) is 0 Å². The molecule has 0 bridgehead atoms. The van der Waals surface area contributed by atoms with E-state index in [2.05, 4.69) is 214 Å². The van der Waals surface area contributed by atoms with Gasteiger partial charge in [-0.15, -0.1) is 0 Å². The minimum absolute atomic E-state index is 1.22. The molecule has 0 aliphatic rings. The lowest BCUT2D eigenvalue weighted by Crippen LogP contribution is -1.99. The third kappa shape index (κ3) is 3.90. The average Bonchev–Trinajstić information content (AvgIpc) is 4.05. The van der Waals surface area contributed by atoms with Crippen molar-refractivity contribution in [3.05, 3.63) is 200 Å². The van der Waals surface area contributed by atoms with Crippen molar-refractivity contribution in [1.29, 1.82) is 0 Å². The first-order chi connectivity index (χ1) is 30.3. The molecule has 0 aliphatic carbocycles. The Kier molecular flexibility index (Phi) is 5.90. The van der Waals surface area contributed by atoms with E-state index in [0.717, 1.165) is 0 Å². The topological polar surface area (TPSA) is 14.3 Å². The minimum atomic E-state index is 1.22. The third-order valence-electron chi connectivity index (χ3n) is 13.8. The molecule has 4 aromatic heterocycles.